The first-order chi connectivity index (χ1) is 28.7. The molecule has 346 valence electrons. The Morgan fingerprint density at radius 3 is 1.97 bits per heavy atom. The molecule has 61 heavy (non-hydrogen) atoms. The molecule has 1 heterocycles. The summed E-state index contributed by atoms with van der Waals surface area (Å²) in [7, 11) is 8.81. The van der Waals surface area contributed by atoms with Gasteiger partial charge in [-0.05, 0) is 98.0 Å². The molecule has 3 N–H and O–H groups in total. The van der Waals surface area contributed by atoms with Gasteiger partial charge in [-0.3, -0.25) is 24.1 Å². The number of nitrogens with one attached hydrogen (secondary N) is 2. The number of amides is 4. The summed E-state index contributed by atoms with van der Waals surface area (Å²) in [6, 6.07) is 6.13. The number of likely N-dealkylation sites (tertiary alicyclic amines) is 1. The van der Waals surface area contributed by atoms with E-state index in [1.54, 1.807) is 23.8 Å². The molecule has 0 spiro atoms. The van der Waals surface area contributed by atoms with Gasteiger partial charge >= 0.3 is 5.97 Å². The Hall–Kier alpha value is -3.85. The van der Waals surface area contributed by atoms with Gasteiger partial charge < -0.3 is 39.9 Å². The van der Waals surface area contributed by atoms with E-state index >= 15 is 0 Å². The van der Waals surface area contributed by atoms with Crippen molar-refractivity contribution in [3.63, 3.8) is 0 Å². The molecule has 0 radical (unpaired) electrons. The smallest absolute Gasteiger partial charge is 0.326 e. The van der Waals surface area contributed by atoms with Crippen molar-refractivity contribution in [2.45, 2.75) is 149 Å². The quantitative estimate of drug-likeness (QED) is 0.0868. The van der Waals surface area contributed by atoms with Crippen LogP contribution < -0.4 is 10.6 Å². The molecule has 4 amide bonds. The lowest BCUT2D eigenvalue weighted by Crippen LogP contribution is -2.59. The highest BCUT2D eigenvalue weighted by Crippen LogP contribution is 2.29. The molecule has 1 fully saturated rings. The van der Waals surface area contributed by atoms with Gasteiger partial charge in [0.1, 0.15) is 12.1 Å². The van der Waals surface area contributed by atoms with Crippen LogP contribution in [0.25, 0.3) is 0 Å². The van der Waals surface area contributed by atoms with Gasteiger partial charge in [0.05, 0.1) is 42.7 Å². The molecule has 8 atom stereocenters. The minimum absolute atomic E-state index is 0.0108. The average Bonchev–Trinajstić information content (AvgIpc) is 3.70. The Balaban J connectivity index is 2.25. The molecular weight excluding hydrogens is 777 g/mol. The zero-order valence-corrected chi connectivity index (χ0v) is 39.8. The molecule has 2 rings (SSSR count). The second kappa shape index (κ2) is 25.9. The molecule has 1 aliphatic rings. The third-order valence-electron chi connectivity index (χ3n) is 12.6. The Bertz CT molecular complexity index is 1570. The fraction of sp³-hybridized carbons (Fsp3) is 0.723. The summed E-state index contributed by atoms with van der Waals surface area (Å²) in [5, 5.41) is 15.7. The van der Waals surface area contributed by atoms with Gasteiger partial charge in [0, 0.05) is 40.3 Å². The Morgan fingerprint density at radius 2 is 1.46 bits per heavy atom. The molecule has 14 heteroatoms. The predicted molar refractivity (Wildman–Crippen MR) is 241 cm³/mol. The molecule has 0 aromatic heterocycles. The fourth-order valence-electron chi connectivity index (χ4n) is 8.51. The number of carboxylic acids is 1. The van der Waals surface area contributed by atoms with Gasteiger partial charge in [0.15, 0.2) is 0 Å². The zero-order chi connectivity index (χ0) is 46.1. The summed E-state index contributed by atoms with van der Waals surface area (Å²) < 4.78 is 11.9. The first-order valence-corrected chi connectivity index (χ1v) is 22.2. The van der Waals surface area contributed by atoms with Crippen molar-refractivity contribution in [1.82, 2.24) is 30.2 Å². The third kappa shape index (κ3) is 15.5. The zero-order valence-electron chi connectivity index (χ0n) is 39.8. The number of allylic oxidation sites excluding steroid dienone is 1. The number of carbonyl (C=O) groups is 5. The Labute approximate surface area is 367 Å². The summed E-state index contributed by atoms with van der Waals surface area (Å²) in [6.07, 6.45) is 3.79. The van der Waals surface area contributed by atoms with E-state index in [-0.39, 0.29) is 42.4 Å². The van der Waals surface area contributed by atoms with Gasteiger partial charge in [-0.1, -0.05) is 76.6 Å². The van der Waals surface area contributed by atoms with Gasteiger partial charge in [-0.15, -0.1) is 0 Å². The number of aliphatic carboxylic acids is 1. The van der Waals surface area contributed by atoms with Crippen LogP contribution in [-0.4, -0.2) is 158 Å². The Morgan fingerprint density at radius 1 is 0.852 bits per heavy atom. The van der Waals surface area contributed by atoms with Crippen molar-refractivity contribution < 1.29 is 38.6 Å². The van der Waals surface area contributed by atoms with Crippen LogP contribution in [0.3, 0.4) is 0 Å². The van der Waals surface area contributed by atoms with Crippen LogP contribution in [0.2, 0.25) is 0 Å². The van der Waals surface area contributed by atoms with E-state index in [1.807, 2.05) is 85.0 Å². The molecule has 0 unspecified atom stereocenters. The minimum Gasteiger partial charge on any atom is -0.480 e. The summed E-state index contributed by atoms with van der Waals surface area (Å²) in [5.41, 5.74) is 1.61. The van der Waals surface area contributed by atoms with E-state index in [1.165, 1.54) is 14.2 Å². The van der Waals surface area contributed by atoms with Crippen LogP contribution in [0.4, 0.5) is 0 Å². The molecule has 1 aromatic rings. The molecule has 1 aliphatic heterocycles. The lowest BCUT2D eigenvalue weighted by Gasteiger charge is -2.39. The van der Waals surface area contributed by atoms with Crippen LogP contribution in [0.5, 0.6) is 0 Å². The maximum Gasteiger partial charge on any atom is 0.326 e. The average molecular weight is 857 g/mol. The van der Waals surface area contributed by atoms with Crippen molar-refractivity contribution in [2.75, 3.05) is 55.0 Å². The number of hydrogen-bond donors (Lipinski definition) is 3. The summed E-state index contributed by atoms with van der Waals surface area (Å²) in [5.74, 6) is -3.28. The second-order valence-corrected chi connectivity index (χ2v) is 18.0. The van der Waals surface area contributed by atoms with Crippen LogP contribution >= 0.6 is 0 Å². The highest BCUT2D eigenvalue weighted by Gasteiger charge is 2.43. The number of carboxylic acid groups (broad SMARTS) is 1. The van der Waals surface area contributed by atoms with Crippen LogP contribution in [0.15, 0.2) is 42.0 Å². The lowest BCUT2D eigenvalue weighted by atomic mass is 9.93. The molecule has 14 nitrogen and oxygen atoms in total. The highest BCUT2D eigenvalue weighted by atomic mass is 16.5. The number of nitrogens with zero attached hydrogens (tertiary/aromatic N) is 4. The van der Waals surface area contributed by atoms with Crippen molar-refractivity contribution >= 4 is 29.6 Å². The molecule has 1 aromatic carbocycles. The summed E-state index contributed by atoms with van der Waals surface area (Å²) in [4.78, 5) is 76.2. The van der Waals surface area contributed by atoms with Crippen LogP contribution in [0.1, 0.15) is 100.0 Å². The second-order valence-electron chi connectivity index (χ2n) is 18.0. The summed E-state index contributed by atoms with van der Waals surface area (Å²) in [6.45, 7) is 19.9. The van der Waals surface area contributed by atoms with Crippen molar-refractivity contribution in [2.24, 2.45) is 17.8 Å². The van der Waals surface area contributed by atoms with E-state index in [0.29, 0.717) is 25.4 Å². The predicted octanol–water partition coefficient (Wildman–Crippen LogP) is 4.86. The SMILES string of the molecule is C/C=C(/C)[C@@H]([C@@H](CC(=O)N1CCC[C@H]1[C@H](OC)[C@@H](C)C(=O)N[C@@H](Cc1ccccc1)C(=O)O)OC)N(C)C(=O)[C@@H](NC(=O)[C@H](C(C)C)N(C)CCCCN(C)C(C)C)C(C)C. The van der Waals surface area contributed by atoms with E-state index in [0.717, 1.165) is 37.1 Å². The van der Waals surface area contributed by atoms with Crippen molar-refractivity contribution in [3.05, 3.63) is 47.5 Å². The number of rotatable bonds is 26. The largest absolute Gasteiger partial charge is 0.480 e. The molecule has 0 saturated carbocycles. The van der Waals surface area contributed by atoms with E-state index in [4.69, 9.17) is 9.47 Å². The molecule has 0 aliphatic carbocycles. The first kappa shape index (κ1) is 53.3. The number of unbranched alkanes of at least 4 members (excludes halogenated alkanes) is 1. The number of carbonyl (C=O) groups excluding carboxylic acids is 4. The first-order valence-electron chi connectivity index (χ1n) is 22.2. The fourth-order valence-corrected chi connectivity index (χ4v) is 8.51. The van der Waals surface area contributed by atoms with Crippen molar-refractivity contribution in [3.8, 4) is 0 Å². The molecule has 0 bridgehead atoms. The monoisotopic (exact) mass is 857 g/mol. The third-order valence-corrected chi connectivity index (χ3v) is 12.6. The van der Waals surface area contributed by atoms with Gasteiger partial charge in [-0.2, -0.15) is 0 Å². The highest BCUT2D eigenvalue weighted by molar-refractivity contribution is 5.90. The number of likely N-dealkylation sites (N-methyl/N-ethyl adjacent to an activating group) is 2. The van der Waals surface area contributed by atoms with E-state index in [9.17, 15) is 29.1 Å². The number of benzene rings is 1. The number of methoxy groups -OCH3 is 2. The van der Waals surface area contributed by atoms with Gasteiger partial charge in [-0.25, -0.2) is 4.79 Å². The van der Waals surface area contributed by atoms with E-state index in [2.05, 4.69) is 41.3 Å². The van der Waals surface area contributed by atoms with Crippen LogP contribution in [0, 0.1) is 17.8 Å². The normalized spacial score (nSPS) is 18.2. The number of ether oxygens (including phenoxy) is 2. The van der Waals surface area contributed by atoms with Gasteiger partial charge in [0.2, 0.25) is 23.6 Å². The minimum atomic E-state index is -1.14. The standard InChI is InChI=1S/C47H80N6O8/c1-15-33(8)42(52(12)46(57)40(30(2)3)49-45(56)41(31(4)5)51(11)26-20-19-25-50(10)32(6)7)38(60-13)29-39(54)53-27-21-24-37(53)43(61-14)34(9)44(55)48-36(47(58)59)28-35-22-17-16-18-23-35/h15-18,22-23,30-32,34,36-38,40-43H,19-21,24-29H2,1-14H3,(H,48,55)(H,49,56)(H,58,59)/b33-15-/t34-,36+,37+,38-,40+,41+,42+,43-/m1/s1. The maximum atomic E-state index is 14.5. The maximum absolute atomic E-state index is 14.5. The Kier molecular flexibility index (Phi) is 22.7. The van der Waals surface area contributed by atoms with E-state index < -0.39 is 60.2 Å². The topological polar surface area (TPSA) is 161 Å². The van der Waals surface area contributed by atoms with Gasteiger partial charge in [0.25, 0.3) is 0 Å². The van der Waals surface area contributed by atoms with Crippen molar-refractivity contribution in [1.29, 1.82) is 0 Å². The van der Waals surface area contributed by atoms with Crippen LogP contribution in [-0.2, 0) is 39.9 Å². The summed E-state index contributed by atoms with van der Waals surface area (Å²) >= 11 is 0. The number of hydrogen-bond acceptors (Lipinski definition) is 9. The molecule has 1 saturated heterocycles. The lowest BCUT2D eigenvalue weighted by molar-refractivity contribution is -0.146. The molecular formula is C47H80N6O8.